The van der Waals surface area contributed by atoms with Crippen LogP contribution in [0.4, 0.5) is 5.82 Å². The zero-order valence-electron chi connectivity index (χ0n) is 15.9. The molecule has 0 aromatic carbocycles. The Bertz CT molecular complexity index is 801. The van der Waals surface area contributed by atoms with E-state index in [0.717, 1.165) is 54.5 Å². The number of carbonyl (C=O) groups excluding carboxylic acids is 1. The van der Waals surface area contributed by atoms with E-state index in [1.54, 1.807) is 0 Å². The Hall–Kier alpha value is -2.41. The van der Waals surface area contributed by atoms with Gasteiger partial charge in [0, 0.05) is 36.8 Å². The van der Waals surface area contributed by atoms with Crippen LogP contribution in [-0.4, -0.2) is 35.0 Å². The summed E-state index contributed by atoms with van der Waals surface area (Å²) in [5, 5.41) is 3.63. The Morgan fingerprint density at radius 1 is 1.42 bits per heavy atom. The standard InChI is InChI=1S/C19H27N5O2/c1-5-15-6-7-16(26-15)13(4)21-14-8-9-24(10-14)19-11(2)12(3)22-18(23-19)17(20)25/h6-7,13-14,21H,5,8-10H2,1-4H3,(H2,20,25)/t13?,14-/m1/s1. The second-order valence-electron chi connectivity index (χ2n) is 6.92. The average Bonchev–Trinajstić information content (AvgIpc) is 3.26. The van der Waals surface area contributed by atoms with Crippen molar-refractivity contribution in [1.29, 1.82) is 0 Å². The molecule has 1 amide bonds. The van der Waals surface area contributed by atoms with Crippen molar-refractivity contribution in [2.45, 2.75) is 52.6 Å². The van der Waals surface area contributed by atoms with Crippen LogP contribution in [0, 0.1) is 13.8 Å². The molecule has 1 saturated heterocycles. The van der Waals surface area contributed by atoms with Gasteiger partial charge < -0.3 is 20.4 Å². The lowest BCUT2D eigenvalue weighted by Crippen LogP contribution is -2.35. The number of furan rings is 1. The van der Waals surface area contributed by atoms with Crippen molar-refractivity contribution in [3.63, 3.8) is 0 Å². The molecular weight excluding hydrogens is 330 g/mol. The molecule has 2 aromatic heterocycles. The van der Waals surface area contributed by atoms with Crippen LogP contribution in [-0.2, 0) is 6.42 Å². The van der Waals surface area contributed by atoms with E-state index >= 15 is 0 Å². The lowest BCUT2D eigenvalue weighted by molar-refractivity contribution is 0.0990. The summed E-state index contributed by atoms with van der Waals surface area (Å²) in [5.41, 5.74) is 7.14. The van der Waals surface area contributed by atoms with Crippen molar-refractivity contribution in [1.82, 2.24) is 15.3 Å². The summed E-state index contributed by atoms with van der Waals surface area (Å²) in [5.74, 6) is 2.25. The van der Waals surface area contributed by atoms with Crippen LogP contribution in [0.5, 0.6) is 0 Å². The number of aromatic nitrogens is 2. The maximum atomic E-state index is 11.5. The molecule has 1 fully saturated rings. The van der Waals surface area contributed by atoms with Gasteiger partial charge in [0.2, 0.25) is 5.82 Å². The topological polar surface area (TPSA) is 97.3 Å². The van der Waals surface area contributed by atoms with Gasteiger partial charge in [-0.25, -0.2) is 9.97 Å². The molecule has 2 atom stereocenters. The number of aryl methyl sites for hydroxylation is 2. The first-order valence-electron chi connectivity index (χ1n) is 9.13. The van der Waals surface area contributed by atoms with E-state index in [4.69, 9.17) is 10.2 Å². The van der Waals surface area contributed by atoms with Crippen molar-refractivity contribution in [3.05, 3.63) is 40.7 Å². The Balaban J connectivity index is 1.69. The van der Waals surface area contributed by atoms with Crippen LogP contribution in [0.3, 0.4) is 0 Å². The molecule has 7 nitrogen and oxygen atoms in total. The van der Waals surface area contributed by atoms with Crippen LogP contribution in [0.25, 0.3) is 0 Å². The number of amides is 1. The van der Waals surface area contributed by atoms with Gasteiger partial charge >= 0.3 is 0 Å². The third-order valence-electron chi connectivity index (χ3n) is 5.02. The van der Waals surface area contributed by atoms with Gasteiger partial charge in [-0.2, -0.15) is 0 Å². The number of nitrogens with two attached hydrogens (primary N) is 1. The molecule has 0 spiro atoms. The monoisotopic (exact) mass is 357 g/mol. The minimum absolute atomic E-state index is 0.0792. The van der Waals surface area contributed by atoms with E-state index < -0.39 is 5.91 Å². The minimum atomic E-state index is -0.596. The highest BCUT2D eigenvalue weighted by Gasteiger charge is 2.27. The normalized spacial score (nSPS) is 18.3. The molecule has 7 heteroatoms. The maximum Gasteiger partial charge on any atom is 0.286 e. The van der Waals surface area contributed by atoms with Crippen LogP contribution in [0.2, 0.25) is 0 Å². The highest BCUT2D eigenvalue weighted by atomic mass is 16.3. The Morgan fingerprint density at radius 2 is 2.19 bits per heavy atom. The zero-order chi connectivity index (χ0) is 18.8. The Morgan fingerprint density at radius 3 is 2.85 bits per heavy atom. The lowest BCUT2D eigenvalue weighted by Gasteiger charge is -2.22. The van der Waals surface area contributed by atoms with E-state index in [0.29, 0.717) is 6.04 Å². The van der Waals surface area contributed by atoms with Crippen molar-refractivity contribution in [2.24, 2.45) is 5.73 Å². The largest absolute Gasteiger partial charge is 0.464 e. The minimum Gasteiger partial charge on any atom is -0.464 e. The summed E-state index contributed by atoms with van der Waals surface area (Å²) in [6, 6.07) is 4.55. The summed E-state index contributed by atoms with van der Waals surface area (Å²) in [6.45, 7) is 9.75. The van der Waals surface area contributed by atoms with E-state index in [9.17, 15) is 4.79 Å². The SMILES string of the molecule is CCc1ccc(C(C)N[C@@H]2CCN(c3nc(C(N)=O)nc(C)c3C)C2)o1. The van der Waals surface area contributed by atoms with Crippen LogP contribution in [0.15, 0.2) is 16.5 Å². The average molecular weight is 357 g/mol. The summed E-state index contributed by atoms with van der Waals surface area (Å²) in [4.78, 5) is 22.3. The number of primary amides is 1. The molecule has 1 unspecified atom stereocenters. The molecule has 2 aromatic rings. The lowest BCUT2D eigenvalue weighted by atomic mass is 10.2. The number of hydrogen-bond donors (Lipinski definition) is 2. The number of nitrogens with zero attached hydrogens (tertiary/aromatic N) is 3. The molecule has 140 valence electrons. The number of hydrogen-bond acceptors (Lipinski definition) is 6. The van der Waals surface area contributed by atoms with Gasteiger partial charge in [-0.1, -0.05) is 6.92 Å². The van der Waals surface area contributed by atoms with E-state index in [-0.39, 0.29) is 11.9 Å². The summed E-state index contributed by atoms with van der Waals surface area (Å²) in [7, 11) is 0. The first-order valence-corrected chi connectivity index (χ1v) is 9.13. The van der Waals surface area contributed by atoms with Crippen molar-refractivity contribution < 1.29 is 9.21 Å². The summed E-state index contributed by atoms with van der Waals surface area (Å²) >= 11 is 0. The summed E-state index contributed by atoms with van der Waals surface area (Å²) in [6.07, 6.45) is 1.90. The van der Waals surface area contributed by atoms with Crippen molar-refractivity contribution in [3.8, 4) is 0 Å². The fourth-order valence-corrected chi connectivity index (χ4v) is 3.37. The predicted molar refractivity (Wildman–Crippen MR) is 100 cm³/mol. The fraction of sp³-hybridized carbons (Fsp3) is 0.526. The third kappa shape index (κ3) is 3.72. The van der Waals surface area contributed by atoms with E-state index in [2.05, 4.69) is 34.0 Å². The molecule has 1 aliphatic heterocycles. The highest BCUT2D eigenvalue weighted by molar-refractivity contribution is 5.89. The van der Waals surface area contributed by atoms with E-state index in [1.165, 1.54) is 0 Å². The van der Waals surface area contributed by atoms with Crippen LogP contribution >= 0.6 is 0 Å². The quantitative estimate of drug-likeness (QED) is 0.823. The second-order valence-corrected chi connectivity index (χ2v) is 6.92. The van der Waals surface area contributed by atoms with E-state index in [1.807, 2.05) is 26.0 Å². The molecule has 26 heavy (non-hydrogen) atoms. The van der Waals surface area contributed by atoms with Gasteiger partial charge in [-0.15, -0.1) is 0 Å². The first kappa shape index (κ1) is 18.4. The predicted octanol–water partition coefficient (Wildman–Crippen LogP) is 2.28. The molecule has 0 radical (unpaired) electrons. The number of anilines is 1. The van der Waals surface area contributed by atoms with Gasteiger partial charge in [0.1, 0.15) is 17.3 Å². The number of rotatable bonds is 6. The van der Waals surface area contributed by atoms with Crippen LogP contribution < -0.4 is 16.0 Å². The van der Waals surface area contributed by atoms with Gasteiger partial charge in [-0.3, -0.25) is 4.79 Å². The first-order chi connectivity index (χ1) is 12.4. The smallest absolute Gasteiger partial charge is 0.286 e. The van der Waals surface area contributed by atoms with Gasteiger partial charge in [0.15, 0.2) is 0 Å². The molecule has 0 bridgehead atoms. The van der Waals surface area contributed by atoms with Gasteiger partial charge in [0.25, 0.3) is 5.91 Å². The fourth-order valence-electron chi connectivity index (χ4n) is 3.37. The Labute approximate surface area is 154 Å². The molecule has 0 aliphatic carbocycles. The van der Waals surface area contributed by atoms with Gasteiger partial charge in [0.05, 0.1) is 6.04 Å². The highest BCUT2D eigenvalue weighted by Crippen LogP contribution is 2.25. The van der Waals surface area contributed by atoms with Crippen molar-refractivity contribution in [2.75, 3.05) is 18.0 Å². The molecule has 3 N–H and O–H groups in total. The van der Waals surface area contributed by atoms with Crippen molar-refractivity contribution >= 4 is 11.7 Å². The molecule has 0 saturated carbocycles. The summed E-state index contributed by atoms with van der Waals surface area (Å²) < 4.78 is 5.85. The number of nitrogens with one attached hydrogen (secondary N) is 1. The molecule has 3 heterocycles. The van der Waals surface area contributed by atoms with Gasteiger partial charge in [-0.05, 0) is 39.3 Å². The zero-order valence-corrected chi connectivity index (χ0v) is 15.9. The number of carbonyl (C=O) groups is 1. The molecule has 3 rings (SSSR count). The van der Waals surface area contributed by atoms with Crippen LogP contribution in [0.1, 0.15) is 59.7 Å². The second kappa shape index (κ2) is 7.45. The maximum absolute atomic E-state index is 11.5. The molecule has 1 aliphatic rings. The Kier molecular flexibility index (Phi) is 5.27. The molecular formula is C19H27N5O2. The third-order valence-corrected chi connectivity index (χ3v) is 5.02.